The van der Waals surface area contributed by atoms with E-state index in [4.69, 9.17) is 0 Å². The van der Waals surface area contributed by atoms with Crippen LogP contribution in [0.15, 0.2) is 48.7 Å². The molecule has 2 bridgehead atoms. The number of hydrogen-bond donors (Lipinski definition) is 1. The van der Waals surface area contributed by atoms with Gasteiger partial charge in [-0.1, -0.05) is 24.3 Å². The van der Waals surface area contributed by atoms with Gasteiger partial charge < -0.3 is 9.67 Å². The van der Waals surface area contributed by atoms with Crippen molar-refractivity contribution in [2.24, 2.45) is 7.05 Å². The Labute approximate surface area is 147 Å². The highest BCUT2D eigenvalue weighted by atomic mass is 16.3. The zero-order valence-electron chi connectivity index (χ0n) is 14.5. The summed E-state index contributed by atoms with van der Waals surface area (Å²) >= 11 is 0. The molecule has 128 valence electrons. The number of fused-ring (bicyclic) bond motifs is 6. The first-order valence-corrected chi connectivity index (χ1v) is 9.10. The van der Waals surface area contributed by atoms with Crippen LogP contribution in [0.1, 0.15) is 29.3 Å². The summed E-state index contributed by atoms with van der Waals surface area (Å²) in [6.07, 6.45) is 3.63. The van der Waals surface area contributed by atoms with E-state index in [9.17, 15) is 5.11 Å². The summed E-state index contributed by atoms with van der Waals surface area (Å²) in [5.41, 5.74) is 5.15. The maximum absolute atomic E-state index is 10.9. The Balaban J connectivity index is 1.55. The van der Waals surface area contributed by atoms with Crippen molar-refractivity contribution in [2.75, 3.05) is 6.54 Å². The van der Waals surface area contributed by atoms with Crippen LogP contribution in [0.25, 0.3) is 10.9 Å². The van der Waals surface area contributed by atoms with Gasteiger partial charge in [0, 0.05) is 54.9 Å². The van der Waals surface area contributed by atoms with Crippen LogP contribution in [0.5, 0.6) is 0 Å². The number of β-amino-alcohol motifs (C(OH)–C–C–N with tert-alkyl or cyclic N) is 1. The van der Waals surface area contributed by atoms with Crippen LogP contribution in [-0.2, 0) is 20.0 Å². The SMILES string of the molecule is Cn1c2c(c3ccccc31)C[C@H]1C[C@@H]2[C@@H](O)CN1Cc1ccccn1. The molecule has 1 fully saturated rings. The predicted octanol–water partition coefficient (Wildman–Crippen LogP) is 2.85. The number of aromatic nitrogens is 2. The number of likely N-dealkylation sites (tertiary alicyclic amines) is 1. The monoisotopic (exact) mass is 333 g/mol. The number of aryl methyl sites for hydroxylation is 1. The van der Waals surface area contributed by atoms with E-state index in [1.165, 1.54) is 22.2 Å². The highest BCUT2D eigenvalue weighted by Gasteiger charge is 2.42. The first-order chi connectivity index (χ1) is 12.2. The van der Waals surface area contributed by atoms with Crippen molar-refractivity contribution >= 4 is 10.9 Å². The summed E-state index contributed by atoms with van der Waals surface area (Å²) < 4.78 is 2.31. The molecular formula is C21H23N3O. The molecule has 3 atom stereocenters. The predicted molar refractivity (Wildman–Crippen MR) is 98.4 cm³/mol. The van der Waals surface area contributed by atoms with Crippen molar-refractivity contribution in [2.45, 2.75) is 37.5 Å². The van der Waals surface area contributed by atoms with E-state index >= 15 is 0 Å². The van der Waals surface area contributed by atoms with Crippen LogP contribution >= 0.6 is 0 Å². The van der Waals surface area contributed by atoms with Gasteiger partial charge in [-0.05, 0) is 36.6 Å². The molecule has 0 saturated carbocycles. The summed E-state index contributed by atoms with van der Waals surface area (Å²) in [5.74, 6) is 0.242. The molecule has 4 nitrogen and oxygen atoms in total. The maximum atomic E-state index is 10.9. The van der Waals surface area contributed by atoms with Gasteiger partial charge in [0.15, 0.2) is 0 Å². The summed E-state index contributed by atoms with van der Waals surface area (Å²) in [4.78, 5) is 6.90. The fourth-order valence-electron chi connectivity index (χ4n) is 4.93. The average Bonchev–Trinajstić information content (AvgIpc) is 2.93. The lowest BCUT2D eigenvalue weighted by molar-refractivity contribution is 0.00402. The molecule has 1 aromatic carbocycles. The zero-order valence-corrected chi connectivity index (χ0v) is 14.5. The van der Waals surface area contributed by atoms with Crippen LogP contribution in [0.3, 0.4) is 0 Å². The molecule has 2 aromatic heterocycles. The summed E-state index contributed by atoms with van der Waals surface area (Å²) in [7, 11) is 2.15. The lowest BCUT2D eigenvalue weighted by atomic mass is 9.76. The summed E-state index contributed by atoms with van der Waals surface area (Å²) in [6.45, 7) is 1.54. The van der Waals surface area contributed by atoms with E-state index in [1.54, 1.807) is 0 Å². The number of para-hydroxylation sites is 1. The van der Waals surface area contributed by atoms with Crippen LogP contribution in [-0.4, -0.2) is 38.2 Å². The number of aliphatic hydroxyl groups excluding tert-OH is 1. The van der Waals surface area contributed by atoms with Gasteiger partial charge in [0.25, 0.3) is 0 Å². The van der Waals surface area contributed by atoms with Gasteiger partial charge in [-0.25, -0.2) is 0 Å². The van der Waals surface area contributed by atoms with E-state index in [-0.39, 0.29) is 12.0 Å². The van der Waals surface area contributed by atoms with E-state index in [2.05, 4.69) is 51.8 Å². The van der Waals surface area contributed by atoms with Gasteiger partial charge in [0.05, 0.1) is 11.8 Å². The number of aliphatic hydroxyl groups is 1. The molecule has 1 aliphatic heterocycles. The second-order valence-electron chi connectivity index (χ2n) is 7.46. The number of benzene rings is 1. The van der Waals surface area contributed by atoms with Crippen molar-refractivity contribution in [3.8, 4) is 0 Å². The minimum atomic E-state index is -0.318. The van der Waals surface area contributed by atoms with Crippen LogP contribution in [0, 0.1) is 0 Å². The van der Waals surface area contributed by atoms with Crippen molar-refractivity contribution in [1.29, 1.82) is 0 Å². The number of hydrogen-bond acceptors (Lipinski definition) is 3. The molecule has 1 aliphatic carbocycles. The Morgan fingerprint density at radius 3 is 2.84 bits per heavy atom. The van der Waals surface area contributed by atoms with E-state index < -0.39 is 0 Å². The standard InChI is InChI=1S/C21H23N3O/c1-23-19-8-3-2-7-16(19)17-10-15-11-18(21(17)23)20(25)13-24(15)12-14-6-4-5-9-22-14/h2-9,15,18,20,25H,10-13H2,1H3/t15-,18+,20-/m0/s1. The fourth-order valence-corrected chi connectivity index (χ4v) is 4.93. The van der Waals surface area contributed by atoms with Crippen molar-refractivity contribution in [1.82, 2.24) is 14.5 Å². The van der Waals surface area contributed by atoms with Crippen molar-refractivity contribution in [3.63, 3.8) is 0 Å². The summed E-state index contributed by atoms with van der Waals surface area (Å²) in [6, 6.07) is 15.2. The Bertz CT molecular complexity index is 918. The van der Waals surface area contributed by atoms with E-state index in [0.717, 1.165) is 31.6 Å². The molecule has 0 radical (unpaired) electrons. The Kier molecular flexibility index (Phi) is 3.43. The molecule has 4 heteroatoms. The van der Waals surface area contributed by atoms with Crippen molar-refractivity contribution < 1.29 is 5.11 Å². The minimum absolute atomic E-state index is 0.242. The largest absolute Gasteiger partial charge is 0.391 e. The topological polar surface area (TPSA) is 41.3 Å². The van der Waals surface area contributed by atoms with Gasteiger partial charge in [-0.15, -0.1) is 0 Å². The van der Waals surface area contributed by atoms with Gasteiger partial charge in [0.2, 0.25) is 0 Å². The normalized spacial score (nSPS) is 25.9. The molecular weight excluding hydrogens is 310 g/mol. The quantitative estimate of drug-likeness (QED) is 0.784. The molecule has 25 heavy (non-hydrogen) atoms. The van der Waals surface area contributed by atoms with Gasteiger partial charge in [0.1, 0.15) is 0 Å². The van der Waals surface area contributed by atoms with Crippen molar-refractivity contribution in [3.05, 3.63) is 65.6 Å². The summed E-state index contributed by atoms with van der Waals surface area (Å²) in [5, 5.41) is 12.2. The highest BCUT2D eigenvalue weighted by Crippen LogP contribution is 2.44. The average molecular weight is 333 g/mol. The number of piperidine rings is 1. The van der Waals surface area contributed by atoms with Gasteiger partial charge in [-0.3, -0.25) is 9.88 Å². The third kappa shape index (κ3) is 2.32. The van der Waals surface area contributed by atoms with Crippen LogP contribution in [0.2, 0.25) is 0 Å². The van der Waals surface area contributed by atoms with Gasteiger partial charge in [-0.2, -0.15) is 0 Å². The molecule has 3 heterocycles. The Morgan fingerprint density at radius 2 is 2.00 bits per heavy atom. The maximum Gasteiger partial charge on any atom is 0.0750 e. The number of nitrogens with zero attached hydrogens (tertiary/aromatic N) is 3. The zero-order chi connectivity index (χ0) is 17.0. The lowest BCUT2D eigenvalue weighted by Crippen LogP contribution is -2.52. The van der Waals surface area contributed by atoms with Gasteiger partial charge >= 0.3 is 0 Å². The first-order valence-electron chi connectivity index (χ1n) is 9.10. The van der Waals surface area contributed by atoms with E-state index in [0.29, 0.717) is 6.04 Å². The first kappa shape index (κ1) is 15.1. The number of rotatable bonds is 2. The molecule has 5 rings (SSSR count). The fraction of sp³-hybridized carbons (Fsp3) is 0.381. The molecule has 3 aromatic rings. The Hall–Kier alpha value is -2.17. The molecule has 0 amide bonds. The minimum Gasteiger partial charge on any atom is -0.391 e. The third-order valence-electron chi connectivity index (χ3n) is 6.07. The third-order valence-corrected chi connectivity index (χ3v) is 6.07. The van der Waals surface area contributed by atoms with E-state index in [1.807, 2.05) is 18.3 Å². The molecule has 2 aliphatic rings. The second kappa shape index (κ2) is 5.68. The molecule has 1 N–H and O–H groups in total. The lowest BCUT2D eigenvalue weighted by Gasteiger charge is -2.46. The second-order valence-corrected chi connectivity index (χ2v) is 7.46. The molecule has 1 saturated heterocycles. The smallest absolute Gasteiger partial charge is 0.0750 e. The molecule has 0 unspecified atom stereocenters. The Morgan fingerprint density at radius 1 is 1.16 bits per heavy atom. The molecule has 0 spiro atoms. The van der Waals surface area contributed by atoms with Crippen LogP contribution in [0.4, 0.5) is 0 Å². The number of pyridine rings is 1. The highest BCUT2D eigenvalue weighted by molar-refractivity contribution is 5.86. The van der Waals surface area contributed by atoms with Crippen LogP contribution < -0.4 is 0 Å².